The minimum atomic E-state index is -0.436. The van der Waals surface area contributed by atoms with Gasteiger partial charge in [-0.1, -0.05) is 60.7 Å². The maximum Gasteiger partial charge on any atom is 0.407 e. The van der Waals surface area contributed by atoms with Crippen LogP contribution in [0.4, 0.5) is 4.79 Å². The van der Waals surface area contributed by atoms with Crippen LogP contribution in [0.1, 0.15) is 35.1 Å². The highest BCUT2D eigenvalue weighted by atomic mass is 16.5. The first-order chi connectivity index (χ1) is 27.4. The predicted octanol–water partition coefficient (Wildman–Crippen LogP) is 9.66. The van der Waals surface area contributed by atoms with E-state index in [1.807, 2.05) is 84.9 Å². The van der Waals surface area contributed by atoms with E-state index in [1.54, 1.807) is 35.5 Å². The summed E-state index contributed by atoms with van der Waals surface area (Å²) >= 11 is 0. The molecule has 0 aliphatic heterocycles. The van der Waals surface area contributed by atoms with Crippen LogP contribution in [0.2, 0.25) is 0 Å². The van der Waals surface area contributed by atoms with Crippen LogP contribution in [0.25, 0.3) is 21.5 Å². The number of amides is 1. The van der Waals surface area contributed by atoms with Gasteiger partial charge in [0.15, 0.2) is 0 Å². The number of methoxy groups -OCH3 is 4. The van der Waals surface area contributed by atoms with Crippen LogP contribution in [0.5, 0.6) is 28.7 Å². The lowest BCUT2D eigenvalue weighted by Crippen LogP contribution is -2.25. The van der Waals surface area contributed by atoms with E-state index in [0.717, 1.165) is 62.4 Å². The highest BCUT2D eigenvalue weighted by Crippen LogP contribution is 2.30. The van der Waals surface area contributed by atoms with E-state index in [-0.39, 0.29) is 6.61 Å². The Morgan fingerprint density at radius 3 is 1.68 bits per heavy atom. The third-order valence-electron chi connectivity index (χ3n) is 8.78. The van der Waals surface area contributed by atoms with E-state index >= 15 is 0 Å². The maximum absolute atomic E-state index is 12.6. The number of fused-ring (bicyclic) bond motifs is 2. The van der Waals surface area contributed by atoms with Crippen molar-refractivity contribution < 1.29 is 42.7 Å². The lowest BCUT2D eigenvalue weighted by Gasteiger charge is -2.14. The number of carbonyl (C=O) groups excluding carboxylic acids is 1. The molecule has 0 bridgehead atoms. The number of hydrogen-bond donors (Lipinski definition) is 1. The highest BCUT2D eigenvalue weighted by Gasteiger charge is 2.11. The summed E-state index contributed by atoms with van der Waals surface area (Å²) in [5.74, 6) is 3.45. The molecule has 1 amide bonds. The van der Waals surface area contributed by atoms with Crippen LogP contribution in [0.3, 0.4) is 0 Å². The van der Waals surface area contributed by atoms with Gasteiger partial charge in [-0.25, -0.2) is 4.79 Å². The summed E-state index contributed by atoms with van der Waals surface area (Å²) in [5, 5.41) is 7.29. The molecule has 10 heteroatoms. The molecule has 0 radical (unpaired) electrons. The maximum atomic E-state index is 12.6. The number of nitrogens with one attached hydrogen (secondary N) is 1. The standard InChI is InChI=1S/C44H45NO8.C2H6O/c1-47-36-14-10-11-31(19-36)28-51-39-22-32(23-40(26-39)52-29-33-20-37(48-2)25-38(21-33)49-3)27-50-18-9-8-17-45-44(46)53-30-43-41-15-6-4-12-34(41)24-35-13-5-7-16-42(35)43;1-3-2/h4-7,10-16,19-26H,8-9,17-18,27-30H2,1-3H3,(H,45,46);1-2H3. The Morgan fingerprint density at radius 1 is 0.518 bits per heavy atom. The van der Waals surface area contributed by atoms with Crippen LogP contribution < -0.4 is 29.0 Å². The summed E-state index contributed by atoms with van der Waals surface area (Å²) in [6.45, 7) is 2.24. The smallest absolute Gasteiger partial charge is 0.407 e. The normalized spacial score (nSPS) is 10.7. The molecule has 0 heterocycles. The Labute approximate surface area is 329 Å². The molecule has 56 heavy (non-hydrogen) atoms. The van der Waals surface area contributed by atoms with Gasteiger partial charge in [0.2, 0.25) is 0 Å². The van der Waals surface area contributed by atoms with Gasteiger partial charge in [0, 0.05) is 45.1 Å². The first-order valence-corrected chi connectivity index (χ1v) is 18.4. The molecule has 0 saturated carbocycles. The number of ether oxygens (including phenoxy) is 8. The summed E-state index contributed by atoms with van der Waals surface area (Å²) in [6, 6.07) is 37.7. The molecule has 0 unspecified atom stereocenters. The zero-order valence-corrected chi connectivity index (χ0v) is 32.8. The molecule has 6 aromatic carbocycles. The van der Waals surface area contributed by atoms with Gasteiger partial charge in [0.05, 0.1) is 27.9 Å². The average Bonchev–Trinajstić information content (AvgIpc) is 3.23. The zero-order chi connectivity index (χ0) is 39.5. The molecule has 0 fully saturated rings. The second kappa shape index (κ2) is 21.8. The highest BCUT2D eigenvalue weighted by molar-refractivity contribution is 6.02. The number of benzene rings is 6. The molecule has 0 saturated heterocycles. The molecule has 294 valence electrons. The zero-order valence-electron chi connectivity index (χ0n) is 32.8. The summed E-state index contributed by atoms with van der Waals surface area (Å²) in [5.41, 5.74) is 3.80. The van der Waals surface area contributed by atoms with Crippen LogP contribution in [-0.2, 0) is 40.6 Å². The Balaban J connectivity index is 0.00000194. The fraction of sp³-hybridized carbons (Fsp3) is 0.283. The van der Waals surface area contributed by atoms with Crippen molar-refractivity contribution in [2.75, 3.05) is 48.7 Å². The monoisotopic (exact) mass is 761 g/mol. The van der Waals surface area contributed by atoms with Gasteiger partial charge in [-0.2, -0.15) is 0 Å². The summed E-state index contributed by atoms with van der Waals surface area (Å²) in [6.07, 6.45) is 1.07. The molecule has 6 aromatic rings. The van der Waals surface area contributed by atoms with Crippen molar-refractivity contribution in [3.05, 3.63) is 138 Å². The lowest BCUT2D eigenvalue weighted by atomic mass is 9.97. The van der Waals surface area contributed by atoms with Gasteiger partial charge in [-0.3, -0.25) is 0 Å². The summed E-state index contributed by atoms with van der Waals surface area (Å²) in [7, 11) is 8.13. The second-order valence-electron chi connectivity index (χ2n) is 12.9. The summed E-state index contributed by atoms with van der Waals surface area (Å²) < 4.78 is 44.5. The van der Waals surface area contributed by atoms with Crippen molar-refractivity contribution in [3.63, 3.8) is 0 Å². The number of hydrogen-bond acceptors (Lipinski definition) is 9. The van der Waals surface area contributed by atoms with E-state index in [1.165, 1.54) is 0 Å². The Bertz CT molecular complexity index is 2080. The van der Waals surface area contributed by atoms with Gasteiger partial charge >= 0.3 is 6.09 Å². The topological polar surface area (TPSA) is 103 Å². The van der Waals surface area contributed by atoms with E-state index < -0.39 is 6.09 Å². The third kappa shape index (κ3) is 12.3. The van der Waals surface area contributed by atoms with E-state index in [0.29, 0.717) is 56.0 Å². The fourth-order valence-electron chi connectivity index (χ4n) is 6.09. The van der Waals surface area contributed by atoms with Crippen LogP contribution in [-0.4, -0.2) is 54.8 Å². The van der Waals surface area contributed by atoms with E-state index in [9.17, 15) is 4.79 Å². The van der Waals surface area contributed by atoms with Crippen molar-refractivity contribution in [2.45, 2.75) is 39.3 Å². The van der Waals surface area contributed by atoms with Crippen LogP contribution in [0, 0.1) is 0 Å². The summed E-state index contributed by atoms with van der Waals surface area (Å²) in [4.78, 5) is 12.6. The van der Waals surface area contributed by atoms with E-state index in [2.05, 4.69) is 40.4 Å². The number of rotatable bonds is 18. The average molecular weight is 762 g/mol. The van der Waals surface area contributed by atoms with Crippen LogP contribution in [0.15, 0.2) is 115 Å². The van der Waals surface area contributed by atoms with Gasteiger partial charge in [0.1, 0.15) is 48.6 Å². The Hall–Kier alpha value is -5.97. The van der Waals surface area contributed by atoms with Crippen molar-refractivity contribution in [1.82, 2.24) is 5.32 Å². The second-order valence-corrected chi connectivity index (χ2v) is 12.9. The lowest BCUT2D eigenvalue weighted by molar-refractivity contribution is 0.115. The molecule has 6 rings (SSSR count). The largest absolute Gasteiger partial charge is 0.497 e. The fourth-order valence-corrected chi connectivity index (χ4v) is 6.09. The molecule has 10 nitrogen and oxygen atoms in total. The van der Waals surface area contributed by atoms with Gasteiger partial charge < -0.3 is 43.2 Å². The SMILES string of the molecule is COC.COc1cccc(COc2cc(COCCCCNC(=O)OCc3c4ccccc4cc4ccccc34)cc(OCc3cc(OC)cc(OC)c3)c2)c1. The molecule has 0 aliphatic carbocycles. The Kier molecular flexibility index (Phi) is 16.0. The van der Waals surface area contributed by atoms with Crippen molar-refractivity contribution in [2.24, 2.45) is 0 Å². The number of alkyl carbamates (subject to hydrolysis) is 1. The predicted molar refractivity (Wildman–Crippen MR) is 219 cm³/mol. The molecule has 0 aromatic heterocycles. The van der Waals surface area contributed by atoms with Crippen molar-refractivity contribution in [3.8, 4) is 28.7 Å². The van der Waals surface area contributed by atoms with Gasteiger partial charge in [0.25, 0.3) is 0 Å². The molecule has 1 N–H and O–H groups in total. The number of carbonyl (C=O) groups is 1. The Morgan fingerprint density at radius 2 is 1.05 bits per heavy atom. The minimum absolute atomic E-state index is 0.193. The van der Waals surface area contributed by atoms with E-state index in [4.69, 9.17) is 33.2 Å². The van der Waals surface area contributed by atoms with Gasteiger partial charge in [-0.15, -0.1) is 0 Å². The number of unbranched alkanes of at least 4 members (excludes halogenated alkanes) is 1. The van der Waals surface area contributed by atoms with Crippen molar-refractivity contribution >= 4 is 27.6 Å². The molecular weight excluding hydrogens is 711 g/mol. The third-order valence-corrected chi connectivity index (χ3v) is 8.78. The quantitative estimate of drug-likeness (QED) is 0.0678. The minimum Gasteiger partial charge on any atom is -0.497 e. The molecular formula is C46H51NO9. The molecule has 0 spiro atoms. The van der Waals surface area contributed by atoms with Crippen molar-refractivity contribution in [1.29, 1.82) is 0 Å². The molecule has 0 atom stereocenters. The molecule has 0 aliphatic rings. The van der Waals surface area contributed by atoms with Crippen LogP contribution >= 0.6 is 0 Å². The first kappa shape index (κ1) is 41.2. The van der Waals surface area contributed by atoms with Gasteiger partial charge in [-0.05, 0) is 93.5 Å². The first-order valence-electron chi connectivity index (χ1n) is 18.4.